The van der Waals surface area contributed by atoms with Gasteiger partial charge >= 0.3 is 0 Å². The Hall–Kier alpha value is -3.60. The maximum Gasteiger partial charge on any atom is 0.278 e. The minimum atomic E-state index is -1.11. The molecule has 0 aliphatic carbocycles. The van der Waals surface area contributed by atoms with E-state index in [-0.39, 0.29) is 18.8 Å². The molecule has 10 nitrogen and oxygen atoms in total. The van der Waals surface area contributed by atoms with E-state index in [9.17, 15) is 9.90 Å². The van der Waals surface area contributed by atoms with Crippen molar-refractivity contribution < 1.29 is 9.84 Å². The summed E-state index contributed by atoms with van der Waals surface area (Å²) in [6.45, 7) is 4.59. The van der Waals surface area contributed by atoms with Crippen molar-refractivity contribution in [2.75, 3.05) is 25.1 Å². The number of benzene rings is 1. The van der Waals surface area contributed by atoms with Crippen molar-refractivity contribution in [3.63, 3.8) is 0 Å². The molecule has 1 aromatic carbocycles. The second kappa shape index (κ2) is 8.01. The van der Waals surface area contributed by atoms with Gasteiger partial charge in [0.2, 0.25) is 5.95 Å². The quantitative estimate of drug-likeness (QED) is 0.412. The normalized spacial score (nSPS) is 16.8. The summed E-state index contributed by atoms with van der Waals surface area (Å²) < 4.78 is 8.55. The number of hydrogen-bond acceptors (Lipinski definition) is 8. The summed E-state index contributed by atoms with van der Waals surface area (Å²) in [5, 5.41) is 17.8. The van der Waals surface area contributed by atoms with Gasteiger partial charge in [-0.2, -0.15) is 4.98 Å². The van der Waals surface area contributed by atoms with E-state index in [2.05, 4.69) is 32.7 Å². The molecule has 174 valence electrons. The molecule has 0 atom stereocenters. The molecule has 1 saturated heterocycles. The van der Waals surface area contributed by atoms with E-state index in [0.717, 1.165) is 25.2 Å². The van der Waals surface area contributed by atoms with E-state index in [1.165, 1.54) is 11.1 Å². The number of aliphatic hydroxyl groups is 1. The number of aromatic nitrogens is 5. The van der Waals surface area contributed by atoms with Crippen LogP contribution in [-0.4, -0.2) is 49.2 Å². The number of fused-ring (bicyclic) bond motifs is 2. The zero-order chi connectivity index (χ0) is 23.3. The number of nitrogens with zero attached hydrogens (tertiary/aromatic N) is 5. The van der Waals surface area contributed by atoms with Crippen LogP contribution in [0.5, 0.6) is 0 Å². The Morgan fingerprint density at radius 1 is 1.21 bits per heavy atom. The van der Waals surface area contributed by atoms with Crippen molar-refractivity contribution in [1.82, 2.24) is 29.6 Å². The first-order valence-electron chi connectivity index (χ1n) is 11.4. The van der Waals surface area contributed by atoms with Crippen LogP contribution in [0.15, 0.2) is 47.5 Å². The van der Waals surface area contributed by atoms with Gasteiger partial charge in [0, 0.05) is 31.2 Å². The molecule has 4 aromatic rings. The second-order valence-electron chi connectivity index (χ2n) is 8.72. The van der Waals surface area contributed by atoms with Gasteiger partial charge in [0.25, 0.3) is 5.56 Å². The van der Waals surface area contributed by atoms with Crippen molar-refractivity contribution in [3.05, 3.63) is 69.9 Å². The van der Waals surface area contributed by atoms with E-state index < -0.39 is 5.60 Å². The Kier molecular flexibility index (Phi) is 4.94. The van der Waals surface area contributed by atoms with Crippen LogP contribution in [0.1, 0.15) is 23.7 Å². The van der Waals surface area contributed by atoms with Gasteiger partial charge in [-0.05, 0) is 55.3 Å². The van der Waals surface area contributed by atoms with Gasteiger partial charge in [0.1, 0.15) is 5.39 Å². The molecule has 3 aromatic heterocycles. The summed E-state index contributed by atoms with van der Waals surface area (Å²) in [6, 6.07) is 9.83. The summed E-state index contributed by atoms with van der Waals surface area (Å²) in [5.74, 6) is 0.406. The van der Waals surface area contributed by atoms with Crippen LogP contribution in [0.2, 0.25) is 0 Å². The topological polar surface area (TPSA) is 119 Å². The highest BCUT2D eigenvalue weighted by atomic mass is 16.5. The molecule has 2 aliphatic rings. The predicted molar refractivity (Wildman–Crippen MR) is 126 cm³/mol. The third kappa shape index (κ3) is 3.38. The third-order valence-corrected chi connectivity index (χ3v) is 6.47. The summed E-state index contributed by atoms with van der Waals surface area (Å²) in [5.41, 5.74) is 3.90. The van der Waals surface area contributed by atoms with Gasteiger partial charge in [-0.3, -0.25) is 9.78 Å². The van der Waals surface area contributed by atoms with Gasteiger partial charge in [-0.25, -0.2) is 14.3 Å². The molecule has 3 N–H and O–H groups in total. The molecule has 2 aliphatic heterocycles. The Morgan fingerprint density at radius 3 is 2.88 bits per heavy atom. The minimum Gasteiger partial charge on any atom is -0.379 e. The zero-order valence-electron chi connectivity index (χ0n) is 18.8. The average Bonchev–Trinajstić information content (AvgIpc) is 3.13. The van der Waals surface area contributed by atoms with Gasteiger partial charge < -0.3 is 20.5 Å². The predicted octanol–water partition coefficient (Wildman–Crippen LogP) is 1.60. The summed E-state index contributed by atoms with van der Waals surface area (Å²) in [4.78, 5) is 26.5. The fourth-order valence-corrected chi connectivity index (χ4v) is 4.57. The molecule has 0 spiro atoms. The van der Waals surface area contributed by atoms with Crippen LogP contribution in [-0.2, 0) is 29.8 Å². The number of rotatable bonds is 5. The Labute approximate surface area is 195 Å². The summed E-state index contributed by atoms with van der Waals surface area (Å²) in [7, 11) is 0. The largest absolute Gasteiger partial charge is 0.379 e. The molecule has 6 rings (SSSR count). The third-order valence-electron chi connectivity index (χ3n) is 6.47. The first-order valence-corrected chi connectivity index (χ1v) is 11.4. The number of ether oxygens (including phenoxy) is 1. The summed E-state index contributed by atoms with van der Waals surface area (Å²) >= 11 is 0. The highest BCUT2D eigenvalue weighted by Gasteiger charge is 2.39. The first kappa shape index (κ1) is 21.0. The van der Waals surface area contributed by atoms with Crippen LogP contribution < -0.4 is 16.2 Å². The van der Waals surface area contributed by atoms with Crippen LogP contribution in [0.25, 0.3) is 16.7 Å². The van der Waals surface area contributed by atoms with E-state index in [0.29, 0.717) is 34.9 Å². The van der Waals surface area contributed by atoms with Crippen molar-refractivity contribution in [2.24, 2.45) is 0 Å². The van der Waals surface area contributed by atoms with Crippen molar-refractivity contribution >= 4 is 22.7 Å². The number of nitrogens with one attached hydrogen (secondary N) is 2. The first-order chi connectivity index (χ1) is 16.6. The fourth-order valence-electron chi connectivity index (χ4n) is 4.57. The minimum absolute atomic E-state index is 0.172. The molecule has 0 amide bonds. The standard InChI is InChI=1S/C24H25N7O3/c1-2-30-22(32)19-12-27-23(28-17-4-3-16-11-25-7-5-15(16)9-17)29-21(19)31(30)18-6-8-26-20(10-18)24(33)13-34-14-24/h3-4,6,8-10,12,25,33H,2,5,7,11,13-14H2,1H3,(H,27,28,29). The molecule has 0 saturated carbocycles. The Balaban J connectivity index is 1.43. The van der Waals surface area contributed by atoms with Crippen LogP contribution in [0, 0.1) is 0 Å². The monoisotopic (exact) mass is 459 g/mol. The lowest BCUT2D eigenvalue weighted by Gasteiger charge is -2.35. The Bertz CT molecular complexity index is 1450. The average molecular weight is 460 g/mol. The maximum absolute atomic E-state index is 13.1. The number of anilines is 2. The van der Waals surface area contributed by atoms with E-state index in [1.54, 1.807) is 33.9 Å². The second-order valence-corrected chi connectivity index (χ2v) is 8.72. The molecule has 0 radical (unpaired) electrons. The van der Waals surface area contributed by atoms with Gasteiger partial charge in [-0.15, -0.1) is 0 Å². The van der Waals surface area contributed by atoms with E-state index in [4.69, 9.17) is 9.72 Å². The fraction of sp³-hybridized carbons (Fsp3) is 0.333. The molecule has 5 heterocycles. The molecule has 1 fully saturated rings. The van der Waals surface area contributed by atoms with Crippen molar-refractivity contribution in [2.45, 2.75) is 32.0 Å². The highest BCUT2D eigenvalue weighted by molar-refractivity contribution is 5.77. The molecular weight excluding hydrogens is 434 g/mol. The highest BCUT2D eigenvalue weighted by Crippen LogP contribution is 2.29. The lowest BCUT2D eigenvalue weighted by atomic mass is 9.97. The lowest BCUT2D eigenvalue weighted by Crippen LogP contribution is -2.47. The number of pyridine rings is 1. The van der Waals surface area contributed by atoms with Crippen LogP contribution in [0.3, 0.4) is 0 Å². The zero-order valence-corrected chi connectivity index (χ0v) is 18.8. The molecule has 10 heteroatoms. The molecule has 0 unspecified atom stereocenters. The van der Waals surface area contributed by atoms with Crippen LogP contribution in [0.4, 0.5) is 11.6 Å². The van der Waals surface area contributed by atoms with E-state index in [1.807, 2.05) is 13.0 Å². The van der Waals surface area contributed by atoms with E-state index >= 15 is 0 Å². The maximum atomic E-state index is 13.1. The molecule has 0 bridgehead atoms. The van der Waals surface area contributed by atoms with Crippen molar-refractivity contribution in [3.8, 4) is 5.69 Å². The summed E-state index contributed by atoms with van der Waals surface area (Å²) in [6.07, 6.45) is 4.17. The SMILES string of the molecule is CCn1c(=O)c2cnc(Nc3ccc4c(c3)CCNC4)nc2n1-c1ccnc(C2(O)COC2)c1. The Morgan fingerprint density at radius 2 is 2.09 bits per heavy atom. The molecular formula is C24H25N7O3. The lowest BCUT2D eigenvalue weighted by molar-refractivity contribution is -0.186. The van der Waals surface area contributed by atoms with Gasteiger partial charge in [0.05, 0.1) is 24.6 Å². The molecule has 34 heavy (non-hydrogen) atoms. The van der Waals surface area contributed by atoms with Gasteiger partial charge in [0.15, 0.2) is 11.2 Å². The smallest absolute Gasteiger partial charge is 0.278 e. The van der Waals surface area contributed by atoms with Crippen LogP contribution >= 0.6 is 0 Å². The number of hydrogen-bond donors (Lipinski definition) is 3. The van der Waals surface area contributed by atoms with Gasteiger partial charge in [-0.1, -0.05) is 6.07 Å². The van der Waals surface area contributed by atoms with Crippen molar-refractivity contribution in [1.29, 1.82) is 0 Å².